The molecule has 8 nitrogen and oxygen atoms in total. The van der Waals surface area contributed by atoms with Gasteiger partial charge in [-0.3, -0.25) is 19.8 Å². The molecule has 0 N–H and O–H groups in total. The quantitative estimate of drug-likeness (QED) is 0.301. The van der Waals surface area contributed by atoms with Crippen molar-refractivity contribution in [2.24, 2.45) is 4.40 Å². The molecule has 0 atom stereocenters. The SMILES string of the molecule is C=CCN1C(=O)/C(=C/c2ccc([N+](=O)[O-])cc2)SC1=NS(=O)(=O)c1ccccc1. The molecule has 1 saturated heterocycles. The van der Waals surface area contributed by atoms with Crippen molar-refractivity contribution in [1.82, 2.24) is 4.90 Å². The topological polar surface area (TPSA) is 110 Å². The second kappa shape index (κ2) is 8.41. The Bertz CT molecular complexity index is 1120. The number of amidine groups is 1. The summed E-state index contributed by atoms with van der Waals surface area (Å²) in [5.74, 6) is -0.421. The first-order valence-electron chi connectivity index (χ1n) is 8.28. The molecule has 148 valence electrons. The second-order valence-electron chi connectivity index (χ2n) is 5.83. The minimum absolute atomic E-state index is 0.0203. The van der Waals surface area contributed by atoms with Gasteiger partial charge < -0.3 is 0 Å². The molecule has 2 aromatic carbocycles. The smallest absolute Gasteiger partial charge is 0.282 e. The van der Waals surface area contributed by atoms with E-state index < -0.39 is 20.9 Å². The van der Waals surface area contributed by atoms with Crippen LogP contribution in [0.3, 0.4) is 0 Å². The van der Waals surface area contributed by atoms with E-state index in [1.807, 2.05) is 0 Å². The van der Waals surface area contributed by atoms with E-state index in [0.717, 1.165) is 11.8 Å². The second-order valence-corrected chi connectivity index (χ2v) is 8.44. The molecule has 0 aromatic heterocycles. The third kappa shape index (κ3) is 4.61. The maximum absolute atomic E-state index is 12.7. The molecule has 29 heavy (non-hydrogen) atoms. The number of rotatable bonds is 6. The molecule has 10 heteroatoms. The number of non-ortho nitro benzene ring substituents is 1. The number of nitro benzene ring substituents is 1. The predicted molar refractivity (Wildman–Crippen MR) is 112 cm³/mol. The summed E-state index contributed by atoms with van der Waals surface area (Å²) < 4.78 is 29.0. The Morgan fingerprint density at radius 3 is 2.38 bits per heavy atom. The van der Waals surface area contributed by atoms with Crippen LogP contribution in [0.2, 0.25) is 0 Å². The van der Waals surface area contributed by atoms with Crippen LogP contribution in [-0.2, 0) is 14.8 Å². The van der Waals surface area contributed by atoms with Crippen molar-refractivity contribution in [2.75, 3.05) is 6.54 Å². The summed E-state index contributed by atoms with van der Waals surface area (Å²) in [6.45, 7) is 3.68. The normalized spacial score (nSPS) is 17.1. The lowest BCUT2D eigenvalue weighted by Crippen LogP contribution is -2.29. The van der Waals surface area contributed by atoms with Gasteiger partial charge in [-0.1, -0.05) is 24.3 Å². The molecule has 0 bridgehead atoms. The van der Waals surface area contributed by atoms with Crippen molar-refractivity contribution in [1.29, 1.82) is 0 Å². The number of nitrogens with zero attached hydrogens (tertiary/aromatic N) is 3. The fraction of sp³-hybridized carbons (Fsp3) is 0.0526. The van der Waals surface area contributed by atoms with E-state index in [1.165, 1.54) is 53.5 Å². The lowest BCUT2D eigenvalue weighted by Gasteiger charge is -2.12. The maximum atomic E-state index is 12.7. The lowest BCUT2D eigenvalue weighted by molar-refractivity contribution is -0.384. The van der Waals surface area contributed by atoms with Gasteiger partial charge in [0, 0.05) is 18.7 Å². The van der Waals surface area contributed by atoms with Crippen molar-refractivity contribution >= 4 is 44.6 Å². The third-order valence-electron chi connectivity index (χ3n) is 3.84. The predicted octanol–water partition coefficient (Wildman–Crippen LogP) is 3.44. The summed E-state index contributed by atoms with van der Waals surface area (Å²) in [6.07, 6.45) is 3.00. The fourth-order valence-electron chi connectivity index (χ4n) is 2.46. The minimum atomic E-state index is -3.99. The van der Waals surface area contributed by atoms with Crippen molar-refractivity contribution < 1.29 is 18.1 Å². The Hall–Kier alpha value is -3.24. The number of benzene rings is 2. The highest BCUT2D eigenvalue weighted by Gasteiger charge is 2.34. The van der Waals surface area contributed by atoms with Gasteiger partial charge in [0.1, 0.15) is 0 Å². The Balaban J connectivity index is 1.96. The minimum Gasteiger partial charge on any atom is -0.282 e. The molecular weight excluding hydrogens is 414 g/mol. The number of amides is 1. The Labute approximate surface area is 171 Å². The van der Waals surface area contributed by atoms with Crippen LogP contribution in [0.15, 0.2) is 81.5 Å². The van der Waals surface area contributed by atoms with Crippen molar-refractivity contribution in [3.8, 4) is 0 Å². The Morgan fingerprint density at radius 1 is 1.14 bits per heavy atom. The molecule has 1 aliphatic rings. The van der Waals surface area contributed by atoms with Crippen LogP contribution in [0, 0.1) is 10.1 Å². The zero-order valence-electron chi connectivity index (χ0n) is 15.0. The van der Waals surface area contributed by atoms with Crippen LogP contribution in [-0.4, -0.2) is 35.9 Å². The molecule has 0 spiro atoms. The molecule has 1 aliphatic heterocycles. The summed E-state index contributed by atoms with van der Waals surface area (Å²) in [4.78, 5) is 24.4. The van der Waals surface area contributed by atoms with Gasteiger partial charge in [-0.25, -0.2) is 0 Å². The van der Waals surface area contributed by atoms with Gasteiger partial charge in [-0.05, 0) is 47.7 Å². The highest BCUT2D eigenvalue weighted by molar-refractivity contribution is 8.19. The van der Waals surface area contributed by atoms with Crippen LogP contribution in [0.1, 0.15) is 5.56 Å². The van der Waals surface area contributed by atoms with Gasteiger partial charge in [0.05, 0.1) is 14.7 Å². The standard InChI is InChI=1S/C19H15N3O5S2/c1-2-12-21-18(23)17(13-14-8-10-15(11-9-14)22(24)25)28-19(21)20-29(26,27)16-6-4-3-5-7-16/h2-11,13H,1,12H2/b17-13-,20-19?. The first-order chi connectivity index (χ1) is 13.8. The number of sulfonamides is 1. The average Bonchev–Trinajstić information content (AvgIpc) is 2.97. The molecular formula is C19H15N3O5S2. The summed E-state index contributed by atoms with van der Waals surface area (Å²) in [6, 6.07) is 13.4. The zero-order valence-corrected chi connectivity index (χ0v) is 16.6. The number of thioether (sulfide) groups is 1. The first-order valence-corrected chi connectivity index (χ1v) is 10.5. The monoisotopic (exact) mass is 429 g/mol. The van der Waals surface area contributed by atoms with Gasteiger partial charge in [-0.2, -0.15) is 8.42 Å². The van der Waals surface area contributed by atoms with Gasteiger partial charge >= 0.3 is 0 Å². The largest absolute Gasteiger partial charge is 0.284 e. The lowest BCUT2D eigenvalue weighted by atomic mass is 10.2. The first kappa shape index (κ1) is 20.5. The summed E-state index contributed by atoms with van der Waals surface area (Å²) in [5, 5.41) is 10.8. The maximum Gasteiger partial charge on any atom is 0.284 e. The van der Waals surface area contributed by atoms with Crippen molar-refractivity contribution in [2.45, 2.75) is 4.90 Å². The molecule has 2 aromatic rings. The average molecular weight is 429 g/mol. The molecule has 1 amide bonds. The van der Waals surface area contributed by atoms with E-state index in [1.54, 1.807) is 18.2 Å². The Morgan fingerprint density at radius 2 is 1.79 bits per heavy atom. The van der Waals surface area contributed by atoms with Crippen LogP contribution < -0.4 is 0 Å². The van der Waals surface area contributed by atoms with Crippen molar-refractivity contribution in [3.63, 3.8) is 0 Å². The van der Waals surface area contributed by atoms with Crippen LogP contribution >= 0.6 is 11.8 Å². The molecule has 0 aliphatic carbocycles. The van der Waals surface area contributed by atoms with E-state index in [0.29, 0.717) is 5.56 Å². The highest BCUT2D eigenvalue weighted by Crippen LogP contribution is 2.33. The van der Waals surface area contributed by atoms with E-state index in [4.69, 9.17) is 0 Å². The van der Waals surface area contributed by atoms with E-state index in [-0.39, 0.29) is 27.2 Å². The number of carbonyl (C=O) groups is 1. The van der Waals surface area contributed by atoms with E-state index >= 15 is 0 Å². The van der Waals surface area contributed by atoms with E-state index in [2.05, 4.69) is 11.0 Å². The molecule has 0 radical (unpaired) electrons. The molecule has 1 heterocycles. The fourth-order valence-corrected chi connectivity index (χ4v) is 4.67. The zero-order chi connectivity index (χ0) is 21.0. The Kier molecular flexibility index (Phi) is 5.95. The summed E-state index contributed by atoms with van der Waals surface area (Å²) in [7, 11) is -3.99. The van der Waals surface area contributed by atoms with Crippen LogP contribution in [0.4, 0.5) is 5.69 Å². The van der Waals surface area contributed by atoms with Crippen LogP contribution in [0.25, 0.3) is 6.08 Å². The van der Waals surface area contributed by atoms with Gasteiger partial charge in [0.25, 0.3) is 21.6 Å². The number of hydrogen-bond donors (Lipinski definition) is 0. The molecule has 1 fully saturated rings. The van der Waals surface area contributed by atoms with Gasteiger partial charge in [0.15, 0.2) is 5.17 Å². The highest BCUT2D eigenvalue weighted by atomic mass is 32.2. The summed E-state index contributed by atoms with van der Waals surface area (Å²) in [5.41, 5.74) is 0.499. The van der Waals surface area contributed by atoms with E-state index in [9.17, 15) is 23.3 Å². The number of hydrogen-bond acceptors (Lipinski definition) is 6. The number of carbonyl (C=O) groups excluding carboxylic acids is 1. The number of nitro groups is 1. The van der Waals surface area contributed by atoms with Crippen molar-refractivity contribution in [3.05, 3.63) is 87.8 Å². The molecule has 0 unspecified atom stereocenters. The van der Waals surface area contributed by atoms with Crippen LogP contribution in [0.5, 0.6) is 0 Å². The molecule has 0 saturated carbocycles. The van der Waals surface area contributed by atoms with Gasteiger partial charge in [-0.15, -0.1) is 11.0 Å². The summed E-state index contributed by atoms with van der Waals surface area (Å²) >= 11 is 0.920. The molecule has 3 rings (SSSR count). The third-order valence-corrected chi connectivity index (χ3v) is 6.24. The van der Waals surface area contributed by atoms with Gasteiger partial charge in [0.2, 0.25) is 0 Å².